The van der Waals surface area contributed by atoms with E-state index in [1.165, 1.54) is 6.42 Å². The average Bonchev–Trinajstić information content (AvgIpc) is 2.06. The lowest BCUT2D eigenvalue weighted by Crippen LogP contribution is -2.15. The molecule has 0 bridgehead atoms. The summed E-state index contributed by atoms with van der Waals surface area (Å²) in [5, 5.41) is -0.804. The molecule has 70 valence electrons. The second-order valence-corrected chi connectivity index (χ2v) is 4.30. The first kappa shape index (κ1) is 9.96. The molecular weight excluding hydrogens is 182 g/mol. The van der Waals surface area contributed by atoms with Gasteiger partial charge in [-0.2, -0.15) is 0 Å². The van der Waals surface area contributed by atoms with Crippen LogP contribution in [0.15, 0.2) is 0 Å². The molecule has 0 aliphatic heterocycles. The van der Waals surface area contributed by atoms with E-state index >= 15 is 0 Å². The van der Waals surface area contributed by atoms with Crippen molar-refractivity contribution in [3.05, 3.63) is 0 Å². The van der Waals surface area contributed by atoms with E-state index < -0.39 is 11.5 Å². The third-order valence-corrected chi connectivity index (χ3v) is 3.23. The van der Waals surface area contributed by atoms with Gasteiger partial charge in [0.25, 0.3) is 5.12 Å². The van der Waals surface area contributed by atoms with Gasteiger partial charge < -0.3 is 0 Å². The zero-order valence-electron chi connectivity index (χ0n) is 6.76. The highest BCUT2D eigenvalue weighted by atomic mass is 32.2. The van der Waals surface area contributed by atoms with Crippen molar-refractivity contribution in [2.75, 3.05) is 0 Å². The fourth-order valence-corrected chi connectivity index (χ4v) is 2.40. The summed E-state index contributed by atoms with van der Waals surface area (Å²) in [6.45, 7) is 0. The summed E-state index contributed by atoms with van der Waals surface area (Å²) in [6.07, 6.45) is 2.38. The second kappa shape index (κ2) is 4.80. The molecule has 0 N–H and O–H groups in total. The van der Waals surface area contributed by atoms with Gasteiger partial charge >= 0.3 is 6.43 Å². The Kier molecular flexibility index (Phi) is 3.98. The van der Waals surface area contributed by atoms with Crippen LogP contribution in [0.2, 0.25) is 0 Å². The zero-order valence-corrected chi connectivity index (χ0v) is 7.58. The number of hydrogen-bond acceptors (Lipinski definition) is 2. The molecule has 1 fully saturated rings. The molecule has 0 atom stereocenters. The predicted octanol–water partition coefficient (Wildman–Crippen LogP) is 2.84. The molecule has 1 rings (SSSR count). The number of alkyl halides is 2. The highest BCUT2D eigenvalue weighted by Crippen LogP contribution is 2.29. The molecule has 4 heteroatoms. The molecule has 0 aromatic heterocycles. The molecule has 0 radical (unpaired) electrons. The van der Waals surface area contributed by atoms with Gasteiger partial charge in [-0.1, -0.05) is 31.0 Å². The van der Waals surface area contributed by atoms with Crippen molar-refractivity contribution in [1.29, 1.82) is 0 Å². The maximum Gasteiger partial charge on any atom is 0.306 e. The van der Waals surface area contributed by atoms with Crippen molar-refractivity contribution < 1.29 is 13.6 Å². The van der Waals surface area contributed by atoms with Crippen LogP contribution in [0.4, 0.5) is 8.78 Å². The van der Waals surface area contributed by atoms with Crippen LogP contribution in [0.25, 0.3) is 0 Å². The van der Waals surface area contributed by atoms with E-state index in [0.29, 0.717) is 0 Å². The number of rotatable bonds is 2. The third kappa shape index (κ3) is 3.09. The molecule has 0 aromatic carbocycles. The van der Waals surface area contributed by atoms with Crippen LogP contribution in [0.5, 0.6) is 0 Å². The van der Waals surface area contributed by atoms with Gasteiger partial charge in [0, 0.05) is 5.25 Å². The predicted molar refractivity (Wildman–Crippen MR) is 45.5 cm³/mol. The van der Waals surface area contributed by atoms with Crippen LogP contribution in [-0.4, -0.2) is 16.8 Å². The lowest BCUT2D eigenvalue weighted by atomic mass is 10.0. The second-order valence-electron chi connectivity index (χ2n) is 3.00. The molecule has 12 heavy (non-hydrogen) atoms. The van der Waals surface area contributed by atoms with E-state index in [0.717, 1.165) is 37.4 Å². The first-order valence-corrected chi connectivity index (χ1v) is 5.07. The van der Waals surface area contributed by atoms with Gasteiger partial charge in [-0.3, -0.25) is 4.79 Å². The molecule has 0 spiro atoms. The van der Waals surface area contributed by atoms with E-state index in [9.17, 15) is 13.6 Å². The monoisotopic (exact) mass is 194 g/mol. The van der Waals surface area contributed by atoms with E-state index in [-0.39, 0.29) is 5.25 Å². The van der Waals surface area contributed by atoms with Crippen molar-refractivity contribution in [1.82, 2.24) is 0 Å². The molecular formula is C8H12F2OS. The normalized spacial score (nSPS) is 19.9. The van der Waals surface area contributed by atoms with Crippen LogP contribution in [0.3, 0.4) is 0 Å². The summed E-state index contributed by atoms with van der Waals surface area (Å²) in [7, 11) is 0. The Bertz CT molecular complexity index is 155. The van der Waals surface area contributed by atoms with Crippen molar-refractivity contribution in [3.8, 4) is 0 Å². The van der Waals surface area contributed by atoms with Crippen LogP contribution in [0, 0.1) is 0 Å². The number of carbonyl (C=O) groups is 1. The number of hydrogen-bond donors (Lipinski definition) is 0. The minimum absolute atomic E-state index is 0.153. The molecule has 1 nitrogen and oxygen atoms in total. The van der Waals surface area contributed by atoms with Crippen LogP contribution < -0.4 is 0 Å². The van der Waals surface area contributed by atoms with Gasteiger partial charge in [0.05, 0.1) is 0 Å². The molecule has 0 unspecified atom stereocenters. The first-order chi connectivity index (χ1) is 5.70. The van der Waals surface area contributed by atoms with Gasteiger partial charge in [0.2, 0.25) is 0 Å². The standard InChI is InChI=1S/C8H12F2OS/c9-7(10)8(11)12-6-4-2-1-3-5-6/h6-7H,1-5H2. The summed E-state index contributed by atoms with van der Waals surface area (Å²) >= 11 is 0.840. The number of thioether (sulfide) groups is 1. The average molecular weight is 194 g/mol. The Hall–Kier alpha value is -0.120. The maximum absolute atomic E-state index is 11.8. The van der Waals surface area contributed by atoms with Crippen LogP contribution >= 0.6 is 11.8 Å². The van der Waals surface area contributed by atoms with Gasteiger partial charge in [-0.15, -0.1) is 0 Å². The minimum Gasteiger partial charge on any atom is -0.281 e. The maximum atomic E-state index is 11.8. The molecule has 0 saturated heterocycles. The molecule has 1 saturated carbocycles. The van der Waals surface area contributed by atoms with Gasteiger partial charge in [0.1, 0.15) is 0 Å². The molecule has 0 heterocycles. The van der Waals surface area contributed by atoms with Gasteiger partial charge in [-0.25, -0.2) is 8.78 Å². The molecule has 1 aliphatic rings. The summed E-state index contributed by atoms with van der Waals surface area (Å²) in [5.74, 6) is 0. The van der Waals surface area contributed by atoms with Crippen molar-refractivity contribution >= 4 is 16.9 Å². The highest BCUT2D eigenvalue weighted by Gasteiger charge is 2.22. The number of carbonyl (C=O) groups excluding carboxylic acids is 1. The molecule has 0 amide bonds. The Morgan fingerprint density at radius 3 is 2.33 bits per heavy atom. The quantitative estimate of drug-likeness (QED) is 0.672. The lowest BCUT2D eigenvalue weighted by molar-refractivity contribution is -0.120. The summed E-state index contributed by atoms with van der Waals surface area (Å²) in [6, 6.07) is 0. The van der Waals surface area contributed by atoms with Crippen molar-refractivity contribution in [2.24, 2.45) is 0 Å². The molecule has 0 aromatic rings. The lowest BCUT2D eigenvalue weighted by Gasteiger charge is -2.19. The van der Waals surface area contributed by atoms with E-state index in [1.807, 2.05) is 0 Å². The Balaban J connectivity index is 2.24. The molecule has 1 aliphatic carbocycles. The van der Waals surface area contributed by atoms with E-state index in [1.54, 1.807) is 0 Å². The Morgan fingerprint density at radius 2 is 1.83 bits per heavy atom. The summed E-state index contributed by atoms with van der Waals surface area (Å²) in [4.78, 5) is 10.6. The topological polar surface area (TPSA) is 17.1 Å². The highest BCUT2D eigenvalue weighted by molar-refractivity contribution is 8.14. The number of halogens is 2. The van der Waals surface area contributed by atoms with E-state index in [4.69, 9.17) is 0 Å². The first-order valence-electron chi connectivity index (χ1n) is 4.19. The smallest absolute Gasteiger partial charge is 0.281 e. The minimum atomic E-state index is -2.79. The van der Waals surface area contributed by atoms with Gasteiger partial charge in [0.15, 0.2) is 0 Å². The Labute approximate surface area is 74.9 Å². The van der Waals surface area contributed by atoms with Crippen molar-refractivity contribution in [2.45, 2.75) is 43.8 Å². The fraction of sp³-hybridized carbons (Fsp3) is 0.875. The largest absolute Gasteiger partial charge is 0.306 e. The third-order valence-electron chi connectivity index (χ3n) is 2.01. The van der Waals surface area contributed by atoms with Crippen LogP contribution in [0.1, 0.15) is 32.1 Å². The fourth-order valence-electron chi connectivity index (χ4n) is 1.40. The van der Waals surface area contributed by atoms with Crippen molar-refractivity contribution in [3.63, 3.8) is 0 Å². The van der Waals surface area contributed by atoms with Crippen LogP contribution in [-0.2, 0) is 4.79 Å². The summed E-state index contributed by atoms with van der Waals surface area (Å²) < 4.78 is 23.6. The Morgan fingerprint density at radius 1 is 1.25 bits per heavy atom. The summed E-state index contributed by atoms with van der Waals surface area (Å²) in [5.41, 5.74) is 0. The van der Waals surface area contributed by atoms with E-state index in [2.05, 4.69) is 0 Å². The zero-order chi connectivity index (χ0) is 8.97. The van der Waals surface area contributed by atoms with Gasteiger partial charge in [-0.05, 0) is 12.8 Å². The SMILES string of the molecule is O=C(SC1CCCCC1)C(F)F.